The molecule has 2 N–H and O–H groups in total. The standard InChI is InChI=1S/C12H16BrNO2/c1-9(13)5-4-8-14-12(16)10-6-2-3-7-11(10)15/h2-3,6-7,9,15H,4-5,8H2,1H3,(H,14,16). The van der Waals surface area contributed by atoms with E-state index in [9.17, 15) is 9.90 Å². The highest BCUT2D eigenvalue weighted by Gasteiger charge is 2.08. The molecule has 0 radical (unpaired) electrons. The van der Waals surface area contributed by atoms with Crippen molar-refractivity contribution >= 4 is 21.8 Å². The summed E-state index contributed by atoms with van der Waals surface area (Å²) in [7, 11) is 0. The quantitative estimate of drug-likeness (QED) is 0.646. The normalized spacial score (nSPS) is 12.1. The number of hydrogen-bond donors (Lipinski definition) is 2. The minimum atomic E-state index is -0.222. The Morgan fingerprint density at radius 3 is 2.81 bits per heavy atom. The summed E-state index contributed by atoms with van der Waals surface area (Å²) in [5.74, 6) is -0.200. The highest BCUT2D eigenvalue weighted by Crippen LogP contribution is 2.15. The third-order valence-corrected chi connectivity index (χ3v) is 2.67. The van der Waals surface area contributed by atoms with Crippen molar-refractivity contribution in [3.05, 3.63) is 29.8 Å². The molecule has 0 aromatic heterocycles. The predicted octanol–water partition coefficient (Wildman–Crippen LogP) is 2.69. The second-order valence-electron chi connectivity index (χ2n) is 3.70. The summed E-state index contributed by atoms with van der Waals surface area (Å²) >= 11 is 3.45. The van der Waals surface area contributed by atoms with Gasteiger partial charge >= 0.3 is 0 Å². The number of alkyl halides is 1. The van der Waals surface area contributed by atoms with Crippen LogP contribution < -0.4 is 5.32 Å². The van der Waals surface area contributed by atoms with Crippen molar-refractivity contribution < 1.29 is 9.90 Å². The van der Waals surface area contributed by atoms with Gasteiger partial charge in [-0.05, 0) is 25.0 Å². The first-order valence-electron chi connectivity index (χ1n) is 5.31. The van der Waals surface area contributed by atoms with E-state index in [4.69, 9.17) is 0 Å². The first-order chi connectivity index (χ1) is 7.61. The van der Waals surface area contributed by atoms with Gasteiger partial charge in [0.05, 0.1) is 5.56 Å². The van der Waals surface area contributed by atoms with Crippen LogP contribution in [0.3, 0.4) is 0 Å². The zero-order valence-electron chi connectivity index (χ0n) is 9.24. The van der Waals surface area contributed by atoms with Crippen molar-refractivity contribution in [2.24, 2.45) is 0 Å². The lowest BCUT2D eigenvalue weighted by atomic mass is 10.2. The third kappa shape index (κ3) is 4.23. The highest BCUT2D eigenvalue weighted by atomic mass is 79.9. The van der Waals surface area contributed by atoms with E-state index in [0.717, 1.165) is 12.8 Å². The number of phenols is 1. The number of carbonyl (C=O) groups is 1. The molecule has 0 saturated carbocycles. The van der Waals surface area contributed by atoms with Crippen molar-refractivity contribution in [1.82, 2.24) is 5.32 Å². The van der Waals surface area contributed by atoms with Crippen molar-refractivity contribution in [3.63, 3.8) is 0 Å². The predicted molar refractivity (Wildman–Crippen MR) is 68.1 cm³/mol. The fourth-order valence-electron chi connectivity index (χ4n) is 1.35. The van der Waals surface area contributed by atoms with E-state index >= 15 is 0 Å². The van der Waals surface area contributed by atoms with Crippen molar-refractivity contribution in [2.75, 3.05) is 6.54 Å². The van der Waals surface area contributed by atoms with Gasteiger partial charge in [0, 0.05) is 11.4 Å². The van der Waals surface area contributed by atoms with Gasteiger partial charge in [-0.25, -0.2) is 0 Å². The summed E-state index contributed by atoms with van der Waals surface area (Å²) < 4.78 is 0. The number of nitrogens with one attached hydrogen (secondary N) is 1. The lowest BCUT2D eigenvalue weighted by Gasteiger charge is -2.07. The van der Waals surface area contributed by atoms with Crippen LogP contribution in [-0.4, -0.2) is 22.4 Å². The van der Waals surface area contributed by atoms with Crippen LogP contribution in [0.2, 0.25) is 0 Å². The van der Waals surface area contributed by atoms with Gasteiger partial charge in [0.15, 0.2) is 0 Å². The second-order valence-corrected chi connectivity index (χ2v) is 5.26. The molecule has 4 heteroatoms. The highest BCUT2D eigenvalue weighted by molar-refractivity contribution is 9.09. The molecule has 1 aromatic rings. The molecule has 0 spiro atoms. The maximum atomic E-state index is 11.6. The SMILES string of the molecule is CC(Br)CCCNC(=O)c1ccccc1O. The topological polar surface area (TPSA) is 49.3 Å². The van der Waals surface area contributed by atoms with Crippen LogP contribution in [0, 0.1) is 0 Å². The largest absolute Gasteiger partial charge is 0.507 e. The fraction of sp³-hybridized carbons (Fsp3) is 0.417. The first kappa shape index (κ1) is 13.0. The third-order valence-electron chi connectivity index (χ3n) is 2.21. The molecule has 0 saturated heterocycles. The Morgan fingerprint density at radius 2 is 2.19 bits per heavy atom. The van der Waals surface area contributed by atoms with E-state index in [-0.39, 0.29) is 11.7 Å². The molecule has 88 valence electrons. The lowest BCUT2D eigenvalue weighted by molar-refractivity contribution is 0.0950. The van der Waals surface area contributed by atoms with Crippen molar-refractivity contribution in [1.29, 1.82) is 0 Å². The van der Waals surface area contributed by atoms with Gasteiger partial charge in [-0.2, -0.15) is 0 Å². The molecule has 1 amide bonds. The van der Waals surface area contributed by atoms with Crippen molar-refractivity contribution in [3.8, 4) is 5.75 Å². The second kappa shape index (κ2) is 6.53. The van der Waals surface area contributed by atoms with Crippen LogP contribution in [-0.2, 0) is 0 Å². The van der Waals surface area contributed by atoms with Gasteiger partial charge in [0.1, 0.15) is 5.75 Å². The molecule has 1 atom stereocenters. The summed E-state index contributed by atoms with van der Waals surface area (Å²) in [6.07, 6.45) is 1.94. The van der Waals surface area contributed by atoms with Crippen LogP contribution in [0.4, 0.5) is 0 Å². The van der Waals surface area contributed by atoms with Crippen LogP contribution in [0.1, 0.15) is 30.1 Å². The monoisotopic (exact) mass is 285 g/mol. The van der Waals surface area contributed by atoms with Crippen LogP contribution in [0.15, 0.2) is 24.3 Å². The number of benzene rings is 1. The van der Waals surface area contributed by atoms with Gasteiger partial charge in [-0.3, -0.25) is 4.79 Å². The molecule has 1 rings (SSSR count). The average molecular weight is 286 g/mol. The lowest BCUT2D eigenvalue weighted by Crippen LogP contribution is -2.24. The smallest absolute Gasteiger partial charge is 0.255 e. The molecule has 16 heavy (non-hydrogen) atoms. The number of halogens is 1. The Bertz CT molecular complexity index is 353. The van der Waals surface area contributed by atoms with Crippen molar-refractivity contribution in [2.45, 2.75) is 24.6 Å². The van der Waals surface area contributed by atoms with E-state index in [1.165, 1.54) is 6.07 Å². The Hall–Kier alpha value is -1.03. The number of rotatable bonds is 5. The number of phenolic OH excluding ortho intramolecular Hbond substituents is 1. The van der Waals surface area contributed by atoms with Crippen LogP contribution in [0.25, 0.3) is 0 Å². The zero-order valence-corrected chi connectivity index (χ0v) is 10.8. The maximum absolute atomic E-state index is 11.6. The molecular weight excluding hydrogens is 270 g/mol. The van der Waals surface area contributed by atoms with Crippen LogP contribution in [0.5, 0.6) is 5.75 Å². The Labute approximate surface area is 104 Å². The summed E-state index contributed by atoms with van der Waals surface area (Å²) in [5.41, 5.74) is 0.328. The van der Waals surface area contributed by atoms with E-state index < -0.39 is 0 Å². The molecule has 3 nitrogen and oxygen atoms in total. The number of aromatic hydroxyl groups is 1. The Morgan fingerprint density at radius 1 is 1.50 bits per heavy atom. The molecular formula is C12H16BrNO2. The Kier molecular flexibility index (Phi) is 5.32. The molecule has 0 aliphatic carbocycles. The minimum absolute atomic E-state index is 0.0221. The van der Waals surface area contributed by atoms with E-state index in [1.54, 1.807) is 18.2 Å². The summed E-state index contributed by atoms with van der Waals surface area (Å²) in [6.45, 7) is 2.70. The molecule has 0 heterocycles. The van der Waals surface area contributed by atoms with Crippen LogP contribution >= 0.6 is 15.9 Å². The summed E-state index contributed by atoms with van der Waals surface area (Å²) in [5, 5.41) is 12.2. The number of hydrogen-bond acceptors (Lipinski definition) is 2. The van der Waals surface area contributed by atoms with Gasteiger partial charge in [0.25, 0.3) is 5.91 Å². The minimum Gasteiger partial charge on any atom is -0.507 e. The summed E-state index contributed by atoms with van der Waals surface area (Å²) in [6, 6.07) is 6.54. The fourth-order valence-corrected chi connectivity index (χ4v) is 1.67. The number of amides is 1. The average Bonchev–Trinajstić information content (AvgIpc) is 2.24. The van der Waals surface area contributed by atoms with Gasteiger partial charge in [0.2, 0.25) is 0 Å². The first-order valence-corrected chi connectivity index (χ1v) is 6.23. The van der Waals surface area contributed by atoms with Gasteiger partial charge in [-0.1, -0.05) is 35.0 Å². The zero-order chi connectivity index (χ0) is 12.0. The molecule has 0 fully saturated rings. The number of para-hydroxylation sites is 1. The van der Waals surface area contributed by atoms with Gasteiger partial charge in [-0.15, -0.1) is 0 Å². The number of carbonyl (C=O) groups excluding carboxylic acids is 1. The Balaban J connectivity index is 2.39. The van der Waals surface area contributed by atoms with E-state index in [1.807, 2.05) is 0 Å². The molecule has 0 aliphatic heterocycles. The maximum Gasteiger partial charge on any atom is 0.255 e. The van der Waals surface area contributed by atoms with Gasteiger partial charge < -0.3 is 10.4 Å². The molecule has 1 aromatic carbocycles. The molecule has 0 aliphatic rings. The molecule has 1 unspecified atom stereocenters. The summed E-state index contributed by atoms with van der Waals surface area (Å²) in [4.78, 5) is 12.1. The van der Waals surface area contributed by atoms with E-state index in [2.05, 4.69) is 28.2 Å². The van der Waals surface area contributed by atoms with E-state index in [0.29, 0.717) is 16.9 Å². The molecule has 0 bridgehead atoms.